The van der Waals surface area contributed by atoms with Gasteiger partial charge in [-0.2, -0.15) is 0 Å². The van der Waals surface area contributed by atoms with Crippen LogP contribution in [0.4, 0.5) is 0 Å². The fourth-order valence-corrected chi connectivity index (χ4v) is 3.21. The van der Waals surface area contributed by atoms with Gasteiger partial charge in [-0.15, -0.1) is 0 Å². The highest BCUT2D eigenvalue weighted by Crippen LogP contribution is 2.14. The second kappa shape index (κ2) is 6.51. The van der Waals surface area contributed by atoms with Crippen LogP contribution in [0.1, 0.15) is 40.5 Å². The summed E-state index contributed by atoms with van der Waals surface area (Å²) >= 11 is 4.70. The zero-order valence-corrected chi connectivity index (χ0v) is 12.0. The molecule has 0 amide bonds. The molecule has 4 nitrogen and oxygen atoms in total. The highest BCUT2D eigenvalue weighted by atomic mass is 32.2. The summed E-state index contributed by atoms with van der Waals surface area (Å²) in [5.74, 6) is 0.341. The predicted octanol–water partition coefficient (Wildman–Crippen LogP) is 1.41. The van der Waals surface area contributed by atoms with Gasteiger partial charge in [0.05, 0.1) is 4.99 Å². The van der Waals surface area contributed by atoms with Gasteiger partial charge in [-0.25, -0.2) is 13.1 Å². The van der Waals surface area contributed by atoms with E-state index in [1.807, 2.05) is 6.92 Å². The topological polar surface area (TPSA) is 72.2 Å². The maximum Gasteiger partial charge on any atom is 0.220 e. The van der Waals surface area contributed by atoms with Crippen molar-refractivity contribution in [3.63, 3.8) is 0 Å². The van der Waals surface area contributed by atoms with E-state index in [0.29, 0.717) is 5.92 Å². The average Bonchev–Trinajstić information content (AvgIpc) is 2.17. The minimum Gasteiger partial charge on any atom is -0.392 e. The molecule has 16 heavy (non-hydrogen) atoms. The van der Waals surface area contributed by atoms with Gasteiger partial charge in [0.1, 0.15) is 5.25 Å². The van der Waals surface area contributed by atoms with E-state index in [-0.39, 0.29) is 11.0 Å². The van der Waals surface area contributed by atoms with Gasteiger partial charge in [0, 0.05) is 6.04 Å². The summed E-state index contributed by atoms with van der Waals surface area (Å²) in [5, 5.41) is -0.820. The van der Waals surface area contributed by atoms with Crippen LogP contribution < -0.4 is 10.5 Å². The van der Waals surface area contributed by atoms with Crippen molar-refractivity contribution in [1.82, 2.24) is 4.72 Å². The van der Waals surface area contributed by atoms with Crippen molar-refractivity contribution in [1.29, 1.82) is 0 Å². The van der Waals surface area contributed by atoms with Gasteiger partial charge >= 0.3 is 0 Å². The molecule has 0 aromatic rings. The number of hydrogen-bond donors (Lipinski definition) is 2. The lowest BCUT2D eigenvalue weighted by Crippen LogP contribution is -2.45. The third-order valence-corrected chi connectivity index (χ3v) is 5.36. The molecule has 96 valence electrons. The summed E-state index contributed by atoms with van der Waals surface area (Å²) < 4.78 is 26.3. The molecule has 0 spiro atoms. The Labute approximate surface area is 104 Å². The molecule has 0 aromatic heterocycles. The first-order valence-electron chi connectivity index (χ1n) is 5.56. The lowest BCUT2D eigenvalue weighted by atomic mass is 9.96. The van der Waals surface area contributed by atoms with Crippen LogP contribution in [0.3, 0.4) is 0 Å². The molecule has 0 aliphatic heterocycles. The van der Waals surface area contributed by atoms with Crippen molar-refractivity contribution >= 4 is 27.2 Å². The second-order valence-electron chi connectivity index (χ2n) is 4.07. The summed E-state index contributed by atoms with van der Waals surface area (Å²) in [7, 11) is -3.44. The number of rotatable bonds is 7. The van der Waals surface area contributed by atoms with Crippen molar-refractivity contribution in [2.24, 2.45) is 11.7 Å². The molecule has 6 heteroatoms. The molecule has 0 saturated heterocycles. The largest absolute Gasteiger partial charge is 0.392 e. The Bertz CT molecular complexity index is 324. The molecule has 3 N–H and O–H groups in total. The maximum atomic E-state index is 11.8. The maximum absolute atomic E-state index is 11.8. The number of nitrogens with two attached hydrogens (primary N) is 1. The van der Waals surface area contributed by atoms with Crippen molar-refractivity contribution in [3.05, 3.63) is 0 Å². The van der Waals surface area contributed by atoms with Crippen LogP contribution in [0, 0.1) is 5.92 Å². The summed E-state index contributed by atoms with van der Waals surface area (Å²) in [6.07, 6.45) is 1.89. The average molecular weight is 266 g/mol. The third-order valence-electron chi connectivity index (χ3n) is 2.97. The molecule has 0 aliphatic rings. The van der Waals surface area contributed by atoms with E-state index in [9.17, 15) is 8.42 Å². The Morgan fingerprint density at radius 2 is 1.75 bits per heavy atom. The summed E-state index contributed by atoms with van der Waals surface area (Å²) in [6, 6.07) is -0.0863. The van der Waals surface area contributed by atoms with E-state index < -0.39 is 15.3 Å². The summed E-state index contributed by atoms with van der Waals surface area (Å²) in [6.45, 7) is 7.48. The van der Waals surface area contributed by atoms with Gasteiger partial charge in [-0.1, -0.05) is 38.9 Å². The fraction of sp³-hybridized carbons (Fsp3) is 0.900. The molecule has 0 aromatic carbocycles. The molecule has 0 aliphatic carbocycles. The van der Waals surface area contributed by atoms with Crippen molar-refractivity contribution in [2.75, 3.05) is 0 Å². The highest BCUT2D eigenvalue weighted by Gasteiger charge is 2.27. The molecule has 0 radical (unpaired) electrons. The van der Waals surface area contributed by atoms with E-state index in [4.69, 9.17) is 18.0 Å². The lowest BCUT2D eigenvalue weighted by Gasteiger charge is -2.24. The fourth-order valence-electron chi connectivity index (χ4n) is 1.61. The zero-order valence-electron chi connectivity index (χ0n) is 10.4. The van der Waals surface area contributed by atoms with E-state index in [1.165, 1.54) is 6.92 Å². The van der Waals surface area contributed by atoms with Crippen molar-refractivity contribution in [2.45, 2.75) is 51.8 Å². The van der Waals surface area contributed by atoms with E-state index in [2.05, 4.69) is 18.6 Å². The van der Waals surface area contributed by atoms with Crippen LogP contribution in [-0.2, 0) is 10.0 Å². The molecular weight excluding hydrogens is 244 g/mol. The zero-order chi connectivity index (χ0) is 12.9. The first kappa shape index (κ1) is 15.8. The molecule has 0 fully saturated rings. The second-order valence-corrected chi connectivity index (χ2v) is 6.58. The van der Waals surface area contributed by atoms with Gasteiger partial charge in [-0.3, -0.25) is 0 Å². The number of sulfonamides is 1. The Hall–Kier alpha value is -0.200. The Kier molecular flexibility index (Phi) is 6.43. The Balaban J connectivity index is 4.65. The van der Waals surface area contributed by atoms with Gasteiger partial charge in [-0.05, 0) is 19.8 Å². The van der Waals surface area contributed by atoms with Crippen molar-refractivity contribution in [3.8, 4) is 0 Å². The van der Waals surface area contributed by atoms with Crippen LogP contribution in [0.15, 0.2) is 0 Å². The molecular formula is C10H22N2O2S2. The molecule has 2 unspecified atom stereocenters. The summed E-state index contributed by atoms with van der Waals surface area (Å²) in [5.41, 5.74) is 5.35. The van der Waals surface area contributed by atoms with Gasteiger partial charge < -0.3 is 5.73 Å². The lowest BCUT2D eigenvalue weighted by molar-refractivity contribution is 0.390. The van der Waals surface area contributed by atoms with E-state index in [0.717, 1.165) is 12.8 Å². The van der Waals surface area contributed by atoms with Gasteiger partial charge in [0.15, 0.2) is 0 Å². The standard InChI is InChI=1S/C10H22N2O2S2/c1-5-9(6-2)7(3)12-16(13,14)8(4)10(11)15/h7-9,12H,5-6H2,1-4H3,(H2,11,15). The van der Waals surface area contributed by atoms with Crippen LogP contribution in [0.25, 0.3) is 0 Å². The number of hydrogen-bond acceptors (Lipinski definition) is 3. The minimum atomic E-state index is -3.44. The first-order valence-corrected chi connectivity index (χ1v) is 7.52. The van der Waals surface area contributed by atoms with E-state index >= 15 is 0 Å². The predicted molar refractivity (Wildman–Crippen MR) is 71.8 cm³/mol. The highest BCUT2D eigenvalue weighted by molar-refractivity contribution is 7.93. The SMILES string of the molecule is CCC(CC)C(C)NS(=O)(=O)C(C)C(N)=S. The van der Waals surface area contributed by atoms with Gasteiger partial charge in [0.25, 0.3) is 0 Å². The van der Waals surface area contributed by atoms with Crippen LogP contribution in [-0.4, -0.2) is 24.7 Å². The molecule has 2 atom stereocenters. The van der Waals surface area contributed by atoms with E-state index in [1.54, 1.807) is 0 Å². The molecule has 0 heterocycles. The van der Waals surface area contributed by atoms with Crippen LogP contribution in [0.5, 0.6) is 0 Å². The molecule has 0 saturated carbocycles. The quantitative estimate of drug-likeness (QED) is 0.683. The van der Waals surface area contributed by atoms with Crippen LogP contribution >= 0.6 is 12.2 Å². The molecule has 0 bridgehead atoms. The molecule has 0 rings (SSSR count). The monoisotopic (exact) mass is 266 g/mol. The minimum absolute atomic E-state index is 0.00393. The first-order chi connectivity index (χ1) is 7.26. The Morgan fingerprint density at radius 3 is 2.06 bits per heavy atom. The van der Waals surface area contributed by atoms with Crippen LogP contribution in [0.2, 0.25) is 0 Å². The summed E-state index contributed by atoms with van der Waals surface area (Å²) in [4.78, 5) is 0.00393. The number of thiocarbonyl (C=S) groups is 1. The third kappa shape index (κ3) is 4.35. The number of nitrogens with one attached hydrogen (secondary N) is 1. The van der Waals surface area contributed by atoms with Gasteiger partial charge in [0.2, 0.25) is 10.0 Å². The van der Waals surface area contributed by atoms with Crippen molar-refractivity contribution < 1.29 is 8.42 Å². The Morgan fingerprint density at radius 1 is 1.31 bits per heavy atom. The smallest absolute Gasteiger partial charge is 0.220 e. The normalized spacial score (nSPS) is 16.1.